The molecule has 0 amide bonds. The van der Waals surface area contributed by atoms with Gasteiger partial charge in [-0.2, -0.15) is 9.97 Å². The molecular formula is C16H16N4O4. The molecule has 3 rings (SSSR count). The lowest BCUT2D eigenvalue weighted by atomic mass is 10.1. The number of hydrogen-bond donors (Lipinski definition) is 1. The SMILES string of the molecule is CC(C)c1nc(-c2cccc(-c3noc(CCC(=O)O)n3)c2)no1. The molecule has 0 aliphatic rings. The summed E-state index contributed by atoms with van der Waals surface area (Å²) in [4.78, 5) is 19.2. The van der Waals surface area contributed by atoms with E-state index in [4.69, 9.17) is 14.2 Å². The van der Waals surface area contributed by atoms with E-state index in [2.05, 4.69) is 20.3 Å². The van der Waals surface area contributed by atoms with Crippen LogP contribution < -0.4 is 0 Å². The Morgan fingerprint density at radius 1 is 1.12 bits per heavy atom. The summed E-state index contributed by atoms with van der Waals surface area (Å²) < 4.78 is 10.3. The molecule has 0 radical (unpaired) electrons. The molecule has 0 saturated heterocycles. The van der Waals surface area contributed by atoms with Crippen LogP contribution in [0.5, 0.6) is 0 Å². The molecule has 3 aromatic rings. The zero-order valence-corrected chi connectivity index (χ0v) is 13.3. The van der Waals surface area contributed by atoms with Gasteiger partial charge in [-0.3, -0.25) is 4.79 Å². The zero-order valence-electron chi connectivity index (χ0n) is 13.3. The number of carboxylic acids is 1. The Morgan fingerprint density at radius 2 is 1.79 bits per heavy atom. The van der Waals surface area contributed by atoms with E-state index < -0.39 is 5.97 Å². The first-order valence-corrected chi connectivity index (χ1v) is 7.51. The second-order valence-electron chi connectivity index (χ2n) is 5.60. The maximum Gasteiger partial charge on any atom is 0.303 e. The Bertz CT molecular complexity index is 853. The van der Waals surface area contributed by atoms with E-state index in [0.717, 1.165) is 11.1 Å². The van der Waals surface area contributed by atoms with Crippen molar-refractivity contribution in [2.75, 3.05) is 0 Å². The predicted molar refractivity (Wildman–Crippen MR) is 83.1 cm³/mol. The largest absolute Gasteiger partial charge is 0.481 e. The molecule has 0 fully saturated rings. The third kappa shape index (κ3) is 3.48. The van der Waals surface area contributed by atoms with E-state index in [9.17, 15) is 4.79 Å². The first-order valence-electron chi connectivity index (χ1n) is 7.51. The lowest BCUT2D eigenvalue weighted by Crippen LogP contribution is -1.97. The molecule has 0 spiro atoms. The van der Waals surface area contributed by atoms with Gasteiger partial charge in [-0.25, -0.2) is 0 Å². The molecule has 0 unspecified atom stereocenters. The van der Waals surface area contributed by atoms with Crippen LogP contribution in [0.2, 0.25) is 0 Å². The van der Waals surface area contributed by atoms with E-state index >= 15 is 0 Å². The molecule has 2 heterocycles. The van der Waals surface area contributed by atoms with Crippen LogP contribution in [0.25, 0.3) is 22.8 Å². The summed E-state index contributed by atoms with van der Waals surface area (Å²) in [5.41, 5.74) is 1.51. The maximum atomic E-state index is 10.6. The van der Waals surface area contributed by atoms with Crippen LogP contribution in [0.1, 0.15) is 38.0 Å². The normalized spacial score (nSPS) is 11.1. The maximum absolute atomic E-state index is 10.6. The van der Waals surface area contributed by atoms with Crippen molar-refractivity contribution in [2.45, 2.75) is 32.6 Å². The molecule has 2 aromatic heterocycles. The Morgan fingerprint density at radius 3 is 2.42 bits per heavy atom. The fourth-order valence-electron chi connectivity index (χ4n) is 2.07. The van der Waals surface area contributed by atoms with Crippen molar-refractivity contribution in [3.63, 3.8) is 0 Å². The number of aliphatic carboxylic acids is 1. The van der Waals surface area contributed by atoms with Crippen molar-refractivity contribution in [1.82, 2.24) is 20.3 Å². The topological polar surface area (TPSA) is 115 Å². The summed E-state index contributed by atoms with van der Waals surface area (Å²) in [6.45, 7) is 3.96. The summed E-state index contributed by atoms with van der Waals surface area (Å²) in [5, 5.41) is 16.6. The monoisotopic (exact) mass is 328 g/mol. The fourth-order valence-corrected chi connectivity index (χ4v) is 2.07. The molecular weight excluding hydrogens is 312 g/mol. The van der Waals surface area contributed by atoms with Crippen LogP contribution in [-0.2, 0) is 11.2 Å². The lowest BCUT2D eigenvalue weighted by molar-refractivity contribution is -0.137. The van der Waals surface area contributed by atoms with E-state index in [1.54, 1.807) is 0 Å². The molecule has 0 aliphatic carbocycles. The van der Waals surface area contributed by atoms with Crippen LogP contribution in [0.3, 0.4) is 0 Å². The van der Waals surface area contributed by atoms with Gasteiger partial charge in [0.15, 0.2) is 0 Å². The number of hydrogen-bond acceptors (Lipinski definition) is 7. The standard InChI is InChI=1S/C16H16N4O4/c1-9(2)16-18-15(20-24-16)11-5-3-4-10(8-11)14-17-12(23-19-14)6-7-13(21)22/h3-5,8-9H,6-7H2,1-2H3,(H,21,22). The summed E-state index contributed by atoms with van der Waals surface area (Å²) >= 11 is 0. The molecule has 0 aliphatic heterocycles. The lowest BCUT2D eigenvalue weighted by Gasteiger charge is -1.98. The summed E-state index contributed by atoms with van der Waals surface area (Å²) in [6, 6.07) is 7.37. The number of carboxylic acid groups (broad SMARTS) is 1. The van der Waals surface area contributed by atoms with Crippen molar-refractivity contribution in [3.05, 3.63) is 36.0 Å². The Hall–Kier alpha value is -3.03. The molecule has 1 aromatic carbocycles. The number of aromatic nitrogens is 4. The number of benzene rings is 1. The molecule has 24 heavy (non-hydrogen) atoms. The number of rotatable bonds is 6. The molecule has 124 valence electrons. The van der Waals surface area contributed by atoms with Crippen LogP contribution >= 0.6 is 0 Å². The second kappa shape index (κ2) is 6.61. The highest BCUT2D eigenvalue weighted by atomic mass is 16.5. The highest BCUT2D eigenvalue weighted by molar-refractivity contribution is 5.67. The second-order valence-corrected chi connectivity index (χ2v) is 5.60. The van der Waals surface area contributed by atoms with Crippen LogP contribution in [0.4, 0.5) is 0 Å². The van der Waals surface area contributed by atoms with Gasteiger partial charge in [0, 0.05) is 23.5 Å². The molecule has 0 atom stereocenters. The minimum absolute atomic E-state index is 0.0531. The van der Waals surface area contributed by atoms with E-state index in [1.165, 1.54) is 0 Å². The van der Waals surface area contributed by atoms with Crippen molar-refractivity contribution >= 4 is 5.97 Å². The highest BCUT2D eigenvalue weighted by Gasteiger charge is 2.14. The van der Waals surface area contributed by atoms with E-state index in [0.29, 0.717) is 23.4 Å². The Labute approximate surface area is 137 Å². The third-order valence-corrected chi connectivity index (χ3v) is 3.34. The van der Waals surface area contributed by atoms with Gasteiger partial charge in [-0.15, -0.1) is 0 Å². The average Bonchev–Trinajstić information content (AvgIpc) is 3.23. The van der Waals surface area contributed by atoms with Crippen molar-refractivity contribution in [3.8, 4) is 22.8 Å². The predicted octanol–water partition coefficient (Wildman–Crippen LogP) is 2.93. The molecule has 0 saturated carbocycles. The average molecular weight is 328 g/mol. The van der Waals surface area contributed by atoms with Gasteiger partial charge >= 0.3 is 5.97 Å². The van der Waals surface area contributed by atoms with Crippen molar-refractivity contribution < 1.29 is 18.9 Å². The van der Waals surface area contributed by atoms with Crippen molar-refractivity contribution in [2.24, 2.45) is 0 Å². The van der Waals surface area contributed by atoms with Gasteiger partial charge in [0.05, 0.1) is 6.42 Å². The number of nitrogens with zero attached hydrogens (tertiary/aromatic N) is 4. The first kappa shape index (κ1) is 15.9. The van der Waals surface area contributed by atoms with Crippen LogP contribution in [0, 0.1) is 0 Å². The molecule has 0 bridgehead atoms. The first-order chi connectivity index (χ1) is 11.5. The summed E-state index contributed by atoms with van der Waals surface area (Å²) in [5.74, 6) is 1.00. The van der Waals surface area contributed by atoms with Gasteiger partial charge < -0.3 is 14.2 Å². The number of aryl methyl sites for hydroxylation is 1. The number of carbonyl (C=O) groups is 1. The van der Waals surface area contributed by atoms with Gasteiger partial charge in [-0.1, -0.05) is 42.4 Å². The van der Waals surface area contributed by atoms with Crippen molar-refractivity contribution in [1.29, 1.82) is 0 Å². The van der Waals surface area contributed by atoms with Gasteiger partial charge in [0.1, 0.15) is 0 Å². The minimum Gasteiger partial charge on any atom is -0.481 e. The third-order valence-electron chi connectivity index (χ3n) is 3.34. The highest BCUT2D eigenvalue weighted by Crippen LogP contribution is 2.24. The zero-order chi connectivity index (χ0) is 17.1. The minimum atomic E-state index is -0.908. The van der Waals surface area contributed by atoms with E-state index in [1.807, 2.05) is 38.1 Å². The smallest absolute Gasteiger partial charge is 0.303 e. The van der Waals surface area contributed by atoms with E-state index in [-0.39, 0.29) is 18.8 Å². The molecule has 1 N–H and O–H groups in total. The Kier molecular flexibility index (Phi) is 4.37. The quantitative estimate of drug-likeness (QED) is 0.734. The van der Waals surface area contributed by atoms with Gasteiger partial charge in [0.25, 0.3) is 0 Å². The molecule has 8 nitrogen and oxygen atoms in total. The summed E-state index contributed by atoms with van der Waals surface area (Å²) in [6.07, 6.45) is 0.146. The van der Waals surface area contributed by atoms with Crippen LogP contribution in [0.15, 0.2) is 33.3 Å². The molecule has 8 heteroatoms. The van der Waals surface area contributed by atoms with Crippen LogP contribution in [-0.4, -0.2) is 31.4 Å². The fraction of sp³-hybridized carbons (Fsp3) is 0.312. The Balaban J connectivity index is 1.83. The summed E-state index contributed by atoms with van der Waals surface area (Å²) in [7, 11) is 0. The van der Waals surface area contributed by atoms with Gasteiger partial charge in [0.2, 0.25) is 23.4 Å². The van der Waals surface area contributed by atoms with Gasteiger partial charge in [-0.05, 0) is 6.07 Å².